The van der Waals surface area contributed by atoms with Gasteiger partial charge in [-0.15, -0.1) is 0 Å². The monoisotopic (exact) mass is 508 g/mol. The maximum atomic E-state index is 13.7. The van der Waals surface area contributed by atoms with E-state index in [0.717, 1.165) is 87.5 Å². The van der Waals surface area contributed by atoms with E-state index in [9.17, 15) is 9.59 Å². The number of piperidine rings is 1. The van der Waals surface area contributed by atoms with Crippen LogP contribution in [0.2, 0.25) is 0 Å². The molecule has 6 rings (SSSR count). The lowest BCUT2D eigenvalue weighted by atomic mass is 9.84. The summed E-state index contributed by atoms with van der Waals surface area (Å²) in [4.78, 5) is 37.8. The van der Waals surface area contributed by atoms with Gasteiger partial charge in [0.1, 0.15) is 0 Å². The van der Waals surface area contributed by atoms with E-state index >= 15 is 0 Å². The maximum Gasteiger partial charge on any atom is 0.254 e. The van der Waals surface area contributed by atoms with Crippen LogP contribution in [0, 0.1) is 5.92 Å². The van der Waals surface area contributed by atoms with E-state index in [-0.39, 0.29) is 5.91 Å². The Morgan fingerprint density at radius 2 is 1.21 bits per heavy atom. The Morgan fingerprint density at radius 1 is 0.658 bits per heavy atom. The number of pyridine rings is 1. The number of likely N-dealkylation sites (tertiary alicyclic amines) is 1. The van der Waals surface area contributed by atoms with Crippen molar-refractivity contribution in [1.29, 1.82) is 0 Å². The number of hydrogen-bond acceptors (Lipinski definition) is 4. The summed E-state index contributed by atoms with van der Waals surface area (Å²) in [6, 6.07) is 24.5. The third kappa shape index (κ3) is 5.23. The van der Waals surface area contributed by atoms with E-state index < -0.39 is 0 Å². The number of nitrogens with zero attached hydrogens (tertiary/aromatic N) is 4. The van der Waals surface area contributed by atoms with Gasteiger partial charge in [0, 0.05) is 67.9 Å². The summed E-state index contributed by atoms with van der Waals surface area (Å²) in [6.45, 7) is 4.97. The molecule has 0 N–H and O–H groups in total. The van der Waals surface area contributed by atoms with Crippen molar-refractivity contribution in [3.8, 4) is 22.5 Å². The fraction of sp³-hybridized carbons (Fsp3) is 0.406. The third-order valence-corrected chi connectivity index (χ3v) is 8.56. The molecule has 0 bridgehead atoms. The van der Waals surface area contributed by atoms with Gasteiger partial charge in [-0.05, 0) is 37.8 Å². The number of carbonyl (C=O) groups is 2. The standard InChI is InChI=1S/C32H36N4O2/c37-31(26-12-7-13-26)35-16-14-28(15-17-35)34-18-20-36(21-19-34)32(38)27-22-29(24-8-3-1-4-9-24)33-30(23-27)25-10-5-2-6-11-25/h1-6,8-11,22-23,26,28H,7,12-21H2. The zero-order chi connectivity index (χ0) is 25.9. The third-order valence-electron chi connectivity index (χ3n) is 8.56. The molecule has 2 saturated heterocycles. The minimum Gasteiger partial charge on any atom is -0.342 e. The molecule has 3 aliphatic rings. The summed E-state index contributed by atoms with van der Waals surface area (Å²) < 4.78 is 0. The molecule has 2 amide bonds. The normalized spacial score (nSPS) is 19.3. The first-order chi connectivity index (χ1) is 18.7. The van der Waals surface area contributed by atoms with E-state index in [1.165, 1.54) is 6.42 Å². The van der Waals surface area contributed by atoms with Gasteiger partial charge in [-0.3, -0.25) is 14.5 Å². The number of benzene rings is 2. The number of piperazine rings is 1. The molecule has 2 aliphatic heterocycles. The first-order valence-corrected chi connectivity index (χ1v) is 14.1. The number of aromatic nitrogens is 1. The van der Waals surface area contributed by atoms with Crippen molar-refractivity contribution in [3.05, 3.63) is 78.4 Å². The summed E-state index contributed by atoms with van der Waals surface area (Å²) in [6.07, 6.45) is 5.43. The van der Waals surface area contributed by atoms with Crippen molar-refractivity contribution in [3.63, 3.8) is 0 Å². The molecule has 1 aromatic heterocycles. The Morgan fingerprint density at radius 3 is 1.71 bits per heavy atom. The van der Waals surface area contributed by atoms with Crippen molar-refractivity contribution >= 4 is 11.8 Å². The molecular formula is C32H36N4O2. The maximum absolute atomic E-state index is 13.7. The van der Waals surface area contributed by atoms with Gasteiger partial charge in [0.05, 0.1) is 11.4 Å². The molecule has 3 heterocycles. The molecule has 0 unspecified atom stereocenters. The van der Waals surface area contributed by atoms with Gasteiger partial charge in [0.2, 0.25) is 5.91 Å². The molecule has 2 aromatic carbocycles. The quantitative estimate of drug-likeness (QED) is 0.489. The SMILES string of the molecule is O=C(c1cc(-c2ccccc2)nc(-c2ccccc2)c1)N1CCN(C2CCN(C(=O)C3CCC3)CC2)CC1. The van der Waals surface area contributed by atoms with Crippen LogP contribution in [0.4, 0.5) is 0 Å². The predicted molar refractivity (Wildman–Crippen MR) is 150 cm³/mol. The lowest BCUT2D eigenvalue weighted by Crippen LogP contribution is -2.55. The molecule has 0 atom stereocenters. The minimum absolute atomic E-state index is 0.0716. The Hall–Kier alpha value is -3.51. The van der Waals surface area contributed by atoms with Gasteiger partial charge in [0.15, 0.2) is 0 Å². The average molecular weight is 509 g/mol. The van der Waals surface area contributed by atoms with E-state index in [1.54, 1.807) is 0 Å². The molecule has 0 spiro atoms. The van der Waals surface area contributed by atoms with Gasteiger partial charge >= 0.3 is 0 Å². The van der Waals surface area contributed by atoms with E-state index in [1.807, 2.05) is 77.7 Å². The number of carbonyl (C=O) groups excluding carboxylic acids is 2. The molecule has 3 fully saturated rings. The molecule has 196 valence electrons. The molecule has 1 aliphatic carbocycles. The Kier molecular flexibility index (Phi) is 7.23. The number of amides is 2. The van der Waals surface area contributed by atoms with Crippen LogP contribution in [0.15, 0.2) is 72.8 Å². The first kappa shape index (κ1) is 24.8. The highest BCUT2D eigenvalue weighted by Gasteiger charge is 2.34. The summed E-state index contributed by atoms with van der Waals surface area (Å²) in [5, 5.41) is 0. The van der Waals surface area contributed by atoms with Crippen LogP contribution < -0.4 is 0 Å². The lowest BCUT2D eigenvalue weighted by Gasteiger charge is -2.43. The van der Waals surface area contributed by atoms with Crippen LogP contribution in [-0.2, 0) is 4.79 Å². The fourth-order valence-electron chi connectivity index (χ4n) is 6.01. The largest absolute Gasteiger partial charge is 0.342 e. The van der Waals surface area contributed by atoms with Crippen LogP contribution >= 0.6 is 0 Å². The first-order valence-electron chi connectivity index (χ1n) is 14.1. The average Bonchev–Trinajstić information content (AvgIpc) is 2.97. The molecule has 3 aromatic rings. The highest BCUT2D eigenvalue weighted by molar-refractivity contribution is 5.96. The highest BCUT2D eigenvalue weighted by Crippen LogP contribution is 2.30. The summed E-state index contributed by atoms with van der Waals surface area (Å²) >= 11 is 0. The Labute approximate surface area is 225 Å². The molecule has 0 radical (unpaired) electrons. The van der Waals surface area contributed by atoms with Gasteiger partial charge in [-0.2, -0.15) is 0 Å². The summed E-state index contributed by atoms with van der Waals surface area (Å²) in [5.41, 5.74) is 4.33. The lowest BCUT2D eigenvalue weighted by molar-refractivity contribution is -0.139. The van der Waals surface area contributed by atoms with Crippen molar-refractivity contribution in [2.75, 3.05) is 39.3 Å². The van der Waals surface area contributed by atoms with E-state index in [4.69, 9.17) is 4.98 Å². The van der Waals surface area contributed by atoms with Crippen LogP contribution in [0.25, 0.3) is 22.5 Å². The van der Waals surface area contributed by atoms with E-state index in [0.29, 0.717) is 23.4 Å². The molecule has 38 heavy (non-hydrogen) atoms. The molecular weight excluding hydrogens is 472 g/mol. The van der Waals surface area contributed by atoms with Crippen LogP contribution in [0.1, 0.15) is 42.5 Å². The smallest absolute Gasteiger partial charge is 0.254 e. The number of rotatable bonds is 5. The molecule has 6 nitrogen and oxygen atoms in total. The molecule has 1 saturated carbocycles. The van der Waals surface area contributed by atoms with E-state index in [2.05, 4.69) is 9.80 Å². The second-order valence-electron chi connectivity index (χ2n) is 10.9. The predicted octanol–water partition coefficient (Wildman–Crippen LogP) is 4.96. The van der Waals surface area contributed by atoms with Gasteiger partial charge in [-0.25, -0.2) is 4.98 Å². The van der Waals surface area contributed by atoms with Crippen LogP contribution in [0.3, 0.4) is 0 Å². The van der Waals surface area contributed by atoms with Gasteiger partial charge < -0.3 is 9.80 Å². The van der Waals surface area contributed by atoms with Crippen molar-refractivity contribution in [2.24, 2.45) is 5.92 Å². The fourth-order valence-corrected chi connectivity index (χ4v) is 6.01. The minimum atomic E-state index is 0.0716. The number of hydrogen-bond donors (Lipinski definition) is 0. The van der Waals surface area contributed by atoms with Gasteiger partial charge in [-0.1, -0.05) is 67.1 Å². The topological polar surface area (TPSA) is 56.8 Å². The van der Waals surface area contributed by atoms with Crippen LogP contribution in [0.5, 0.6) is 0 Å². The Balaban J connectivity index is 1.12. The zero-order valence-corrected chi connectivity index (χ0v) is 22.0. The highest BCUT2D eigenvalue weighted by atomic mass is 16.2. The van der Waals surface area contributed by atoms with Gasteiger partial charge in [0.25, 0.3) is 5.91 Å². The second kappa shape index (κ2) is 11.1. The van der Waals surface area contributed by atoms with Crippen molar-refractivity contribution in [2.45, 2.75) is 38.1 Å². The van der Waals surface area contributed by atoms with Crippen molar-refractivity contribution < 1.29 is 9.59 Å². The van der Waals surface area contributed by atoms with Crippen LogP contribution in [-0.4, -0.2) is 76.8 Å². The zero-order valence-electron chi connectivity index (χ0n) is 22.0. The van der Waals surface area contributed by atoms with Crippen molar-refractivity contribution in [1.82, 2.24) is 19.7 Å². The second-order valence-corrected chi connectivity index (χ2v) is 10.9. The summed E-state index contributed by atoms with van der Waals surface area (Å²) in [5.74, 6) is 0.744. The Bertz CT molecular complexity index is 1200. The molecule has 6 heteroatoms. The summed E-state index contributed by atoms with van der Waals surface area (Å²) in [7, 11) is 0.